The van der Waals surface area contributed by atoms with Crippen molar-refractivity contribution >= 4 is 11.4 Å². The first kappa shape index (κ1) is 12.7. The highest BCUT2D eigenvalue weighted by atomic mass is 15.4. The van der Waals surface area contributed by atoms with Crippen LogP contribution >= 0.6 is 0 Å². The van der Waals surface area contributed by atoms with E-state index in [1.165, 1.54) is 22.3 Å². The van der Waals surface area contributed by atoms with E-state index < -0.39 is 0 Å². The minimum Gasteiger partial charge on any atom is -0.279 e. The summed E-state index contributed by atoms with van der Waals surface area (Å²) in [6, 6.07) is 12.6. The molecule has 0 amide bonds. The van der Waals surface area contributed by atoms with Crippen molar-refractivity contribution < 1.29 is 0 Å². The molecule has 0 atom stereocenters. The molecule has 0 saturated carbocycles. The van der Waals surface area contributed by atoms with E-state index >= 15 is 0 Å². The van der Waals surface area contributed by atoms with Gasteiger partial charge < -0.3 is 0 Å². The lowest BCUT2D eigenvalue weighted by Crippen LogP contribution is -2.26. The van der Waals surface area contributed by atoms with Gasteiger partial charge in [-0.25, -0.2) is 5.84 Å². The Bertz CT molecular complexity index is 522. The van der Waals surface area contributed by atoms with Crippen molar-refractivity contribution in [3.63, 3.8) is 0 Å². The number of nitrogens with zero attached hydrogens (tertiary/aromatic N) is 1. The molecule has 0 radical (unpaired) electrons. The van der Waals surface area contributed by atoms with Crippen molar-refractivity contribution in [3.8, 4) is 0 Å². The SMILES string of the molecule is Cc1ccc(N(N)c2ccc(C)cc2C)c(C)c1. The number of benzene rings is 2. The number of hydrogen-bond acceptors (Lipinski definition) is 2. The van der Waals surface area contributed by atoms with Gasteiger partial charge in [-0.3, -0.25) is 5.01 Å². The Morgan fingerprint density at radius 2 is 1.11 bits per heavy atom. The molecule has 0 fully saturated rings. The fraction of sp³-hybridized carbons (Fsp3) is 0.250. The molecule has 2 rings (SSSR count). The summed E-state index contributed by atoms with van der Waals surface area (Å²) in [5.74, 6) is 6.25. The second-order valence-electron chi connectivity index (χ2n) is 4.95. The van der Waals surface area contributed by atoms with Crippen LogP contribution in [0.1, 0.15) is 22.3 Å². The fourth-order valence-electron chi connectivity index (χ4n) is 2.28. The summed E-state index contributed by atoms with van der Waals surface area (Å²) >= 11 is 0. The van der Waals surface area contributed by atoms with E-state index in [-0.39, 0.29) is 0 Å². The average Bonchev–Trinajstić information content (AvgIpc) is 2.28. The molecule has 0 aromatic heterocycles. The molecule has 0 aliphatic rings. The van der Waals surface area contributed by atoms with Gasteiger partial charge in [0, 0.05) is 0 Å². The van der Waals surface area contributed by atoms with E-state index in [4.69, 9.17) is 5.84 Å². The minimum absolute atomic E-state index is 1.05. The van der Waals surface area contributed by atoms with Gasteiger partial charge in [0.25, 0.3) is 0 Å². The van der Waals surface area contributed by atoms with E-state index in [2.05, 4.69) is 64.1 Å². The van der Waals surface area contributed by atoms with Crippen LogP contribution in [0, 0.1) is 27.7 Å². The number of anilines is 2. The van der Waals surface area contributed by atoms with Gasteiger partial charge in [0.2, 0.25) is 0 Å². The number of aryl methyl sites for hydroxylation is 4. The number of rotatable bonds is 2. The highest BCUT2D eigenvalue weighted by molar-refractivity contribution is 5.68. The van der Waals surface area contributed by atoms with Gasteiger partial charge in [-0.15, -0.1) is 0 Å². The smallest absolute Gasteiger partial charge is 0.0604 e. The first-order chi connectivity index (χ1) is 8.49. The van der Waals surface area contributed by atoms with Crippen LogP contribution in [0.5, 0.6) is 0 Å². The van der Waals surface area contributed by atoms with Crippen LogP contribution < -0.4 is 10.9 Å². The van der Waals surface area contributed by atoms with Gasteiger partial charge in [-0.1, -0.05) is 35.4 Å². The van der Waals surface area contributed by atoms with Gasteiger partial charge in [0.1, 0.15) is 0 Å². The Hall–Kier alpha value is -1.80. The van der Waals surface area contributed by atoms with E-state index in [1.807, 2.05) is 0 Å². The lowest BCUT2D eigenvalue weighted by atomic mass is 10.1. The zero-order chi connectivity index (χ0) is 13.3. The highest BCUT2D eigenvalue weighted by Gasteiger charge is 2.10. The molecule has 0 saturated heterocycles. The van der Waals surface area contributed by atoms with Crippen molar-refractivity contribution in [2.75, 3.05) is 5.01 Å². The van der Waals surface area contributed by atoms with Crippen molar-refractivity contribution in [2.45, 2.75) is 27.7 Å². The lowest BCUT2D eigenvalue weighted by Gasteiger charge is -2.23. The third-order valence-corrected chi connectivity index (χ3v) is 3.22. The Kier molecular flexibility index (Phi) is 3.39. The van der Waals surface area contributed by atoms with E-state index in [0.717, 1.165) is 11.4 Å². The molecule has 0 bridgehead atoms. The van der Waals surface area contributed by atoms with Gasteiger partial charge in [-0.2, -0.15) is 0 Å². The van der Waals surface area contributed by atoms with E-state index in [9.17, 15) is 0 Å². The van der Waals surface area contributed by atoms with Gasteiger partial charge >= 0.3 is 0 Å². The number of hydrogen-bond donors (Lipinski definition) is 1. The summed E-state index contributed by atoms with van der Waals surface area (Å²) in [7, 11) is 0. The van der Waals surface area contributed by atoms with Crippen molar-refractivity contribution in [2.24, 2.45) is 5.84 Å². The van der Waals surface area contributed by atoms with Crippen molar-refractivity contribution in [1.82, 2.24) is 0 Å². The van der Waals surface area contributed by atoms with Gasteiger partial charge in [0.05, 0.1) is 11.4 Å². The second kappa shape index (κ2) is 4.83. The van der Waals surface area contributed by atoms with Crippen LogP contribution in [0.15, 0.2) is 36.4 Å². The van der Waals surface area contributed by atoms with Crippen molar-refractivity contribution in [3.05, 3.63) is 58.7 Å². The quantitative estimate of drug-likeness (QED) is 0.636. The predicted molar refractivity (Wildman–Crippen MR) is 78.2 cm³/mol. The molecule has 2 aromatic carbocycles. The molecule has 2 aromatic rings. The van der Waals surface area contributed by atoms with E-state index in [0.29, 0.717) is 0 Å². The summed E-state index contributed by atoms with van der Waals surface area (Å²) < 4.78 is 0. The molecule has 2 nitrogen and oxygen atoms in total. The molecular formula is C16H20N2. The summed E-state index contributed by atoms with van der Waals surface area (Å²) in [5.41, 5.74) is 6.99. The molecule has 2 heteroatoms. The molecule has 0 spiro atoms. The van der Waals surface area contributed by atoms with Crippen LogP contribution in [0.2, 0.25) is 0 Å². The maximum absolute atomic E-state index is 6.25. The first-order valence-corrected chi connectivity index (χ1v) is 6.18. The maximum atomic E-state index is 6.25. The standard InChI is InChI=1S/C16H20N2/c1-11-5-7-15(13(3)9-11)18(17)16-8-6-12(2)10-14(16)4/h5-10H,17H2,1-4H3. The van der Waals surface area contributed by atoms with Gasteiger partial charge in [-0.05, 0) is 51.0 Å². The molecule has 0 aliphatic heterocycles. The Morgan fingerprint density at radius 3 is 1.44 bits per heavy atom. The van der Waals surface area contributed by atoms with Crippen LogP contribution in [-0.4, -0.2) is 0 Å². The Balaban J connectivity index is 2.44. The first-order valence-electron chi connectivity index (χ1n) is 6.18. The Labute approximate surface area is 109 Å². The van der Waals surface area contributed by atoms with Crippen LogP contribution in [0.3, 0.4) is 0 Å². The highest BCUT2D eigenvalue weighted by Crippen LogP contribution is 2.28. The molecule has 0 heterocycles. The molecule has 2 N–H and O–H groups in total. The number of nitrogens with two attached hydrogens (primary N) is 1. The third-order valence-electron chi connectivity index (χ3n) is 3.22. The van der Waals surface area contributed by atoms with Gasteiger partial charge in [0.15, 0.2) is 0 Å². The summed E-state index contributed by atoms with van der Waals surface area (Å²) in [5, 5.41) is 1.77. The van der Waals surface area contributed by atoms with Crippen LogP contribution in [0.4, 0.5) is 11.4 Å². The third kappa shape index (κ3) is 2.39. The molecule has 18 heavy (non-hydrogen) atoms. The molecular weight excluding hydrogens is 220 g/mol. The largest absolute Gasteiger partial charge is 0.279 e. The zero-order valence-corrected chi connectivity index (χ0v) is 11.5. The van der Waals surface area contributed by atoms with Crippen LogP contribution in [-0.2, 0) is 0 Å². The predicted octanol–water partition coefficient (Wildman–Crippen LogP) is 3.93. The summed E-state index contributed by atoms with van der Waals surface area (Å²) in [6.07, 6.45) is 0. The Morgan fingerprint density at radius 1 is 0.722 bits per heavy atom. The monoisotopic (exact) mass is 240 g/mol. The minimum atomic E-state index is 1.05. The second-order valence-corrected chi connectivity index (χ2v) is 4.95. The van der Waals surface area contributed by atoms with E-state index in [1.54, 1.807) is 5.01 Å². The topological polar surface area (TPSA) is 29.3 Å². The maximum Gasteiger partial charge on any atom is 0.0604 e. The normalized spacial score (nSPS) is 10.5. The number of hydrazine groups is 1. The molecule has 0 aliphatic carbocycles. The molecule has 0 unspecified atom stereocenters. The summed E-state index contributed by atoms with van der Waals surface area (Å²) in [4.78, 5) is 0. The fourth-order valence-corrected chi connectivity index (χ4v) is 2.28. The average molecular weight is 240 g/mol. The summed E-state index contributed by atoms with van der Waals surface area (Å²) in [6.45, 7) is 8.36. The van der Waals surface area contributed by atoms with Crippen molar-refractivity contribution in [1.29, 1.82) is 0 Å². The molecule has 94 valence electrons. The van der Waals surface area contributed by atoms with Crippen LogP contribution in [0.25, 0.3) is 0 Å². The zero-order valence-electron chi connectivity index (χ0n) is 11.5. The lowest BCUT2D eigenvalue weighted by molar-refractivity contribution is 1.06.